The Morgan fingerprint density at radius 2 is 2.00 bits per heavy atom. The molecule has 2 N–H and O–H groups in total. The minimum atomic E-state index is -4.32. The van der Waals surface area contributed by atoms with Gasteiger partial charge in [0.1, 0.15) is 5.75 Å². The lowest BCUT2D eigenvalue weighted by molar-refractivity contribution is -0.129. The van der Waals surface area contributed by atoms with Crippen molar-refractivity contribution in [3.05, 3.63) is 29.8 Å². The summed E-state index contributed by atoms with van der Waals surface area (Å²) in [7, 11) is 1.47. The second kappa shape index (κ2) is 5.58. The van der Waals surface area contributed by atoms with Gasteiger partial charge in [0.15, 0.2) is 0 Å². The zero-order valence-electron chi connectivity index (χ0n) is 10.2. The van der Waals surface area contributed by atoms with E-state index in [-0.39, 0.29) is 0 Å². The molecule has 18 heavy (non-hydrogen) atoms. The van der Waals surface area contributed by atoms with Gasteiger partial charge in [-0.05, 0) is 24.6 Å². The lowest BCUT2D eigenvalue weighted by Gasteiger charge is -2.30. The predicted molar refractivity (Wildman–Crippen MR) is 61.5 cm³/mol. The van der Waals surface area contributed by atoms with E-state index in [9.17, 15) is 18.3 Å². The smallest absolute Gasteiger partial charge is 0.401 e. The lowest BCUT2D eigenvalue weighted by Crippen LogP contribution is -2.47. The quantitative estimate of drug-likeness (QED) is 0.854. The second-order valence-corrected chi connectivity index (χ2v) is 4.19. The summed E-state index contributed by atoms with van der Waals surface area (Å²) < 4.78 is 41.7. The molecule has 0 fully saturated rings. The monoisotopic (exact) mass is 263 g/mol. The fourth-order valence-corrected chi connectivity index (χ4v) is 1.51. The molecule has 0 spiro atoms. The Kier molecular flexibility index (Phi) is 4.59. The second-order valence-electron chi connectivity index (χ2n) is 4.19. The van der Waals surface area contributed by atoms with E-state index in [2.05, 4.69) is 5.32 Å². The SMILES string of the molecule is COc1cccc(C(C)(CO)NCC(F)(F)F)c1. The average Bonchev–Trinajstić information content (AvgIpc) is 2.35. The lowest BCUT2D eigenvalue weighted by atomic mass is 9.92. The van der Waals surface area contributed by atoms with Crippen LogP contribution in [0.3, 0.4) is 0 Å². The van der Waals surface area contributed by atoms with Crippen LogP contribution in [0.1, 0.15) is 12.5 Å². The first-order chi connectivity index (χ1) is 8.30. The van der Waals surface area contributed by atoms with Gasteiger partial charge in [0.25, 0.3) is 0 Å². The summed E-state index contributed by atoms with van der Waals surface area (Å²) in [4.78, 5) is 0. The first-order valence-electron chi connectivity index (χ1n) is 5.38. The predicted octanol–water partition coefficient (Wildman–Crippen LogP) is 2.05. The minimum Gasteiger partial charge on any atom is -0.497 e. The van der Waals surface area contributed by atoms with E-state index in [0.29, 0.717) is 11.3 Å². The minimum absolute atomic E-state index is 0.448. The van der Waals surface area contributed by atoms with Crippen LogP contribution in [-0.4, -0.2) is 31.5 Å². The molecule has 3 nitrogen and oxygen atoms in total. The first-order valence-corrected chi connectivity index (χ1v) is 5.38. The van der Waals surface area contributed by atoms with Crippen molar-refractivity contribution in [2.24, 2.45) is 0 Å². The van der Waals surface area contributed by atoms with Gasteiger partial charge in [-0.1, -0.05) is 12.1 Å². The van der Waals surface area contributed by atoms with Crippen molar-refractivity contribution >= 4 is 0 Å². The van der Waals surface area contributed by atoms with Crippen LogP contribution in [0.15, 0.2) is 24.3 Å². The molecule has 1 unspecified atom stereocenters. The van der Waals surface area contributed by atoms with Crippen LogP contribution in [0.25, 0.3) is 0 Å². The summed E-state index contributed by atoms with van der Waals surface area (Å²) in [6.45, 7) is -0.106. The number of hydrogen-bond acceptors (Lipinski definition) is 3. The number of rotatable bonds is 5. The zero-order chi connectivity index (χ0) is 13.8. The highest BCUT2D eigenvalue weighted by Crippen LogP contribution is 2.25. The van der Waals surface area contributed by atoms with Crippen molar-refractivity contribution in [3.63, 3.8) is 0 Å². The molecule has 1 aromatic rings. The Hall–Kier alpha value is -1.27. The molecule has 0 aliphatic carbocycles. The normalized spacial score (nSPS) is 15.2. The highest BCUT2D eigenvalue weighted by atomic mass is 19.4. The number of hydrogen-bond donors (Lipinski definition) is 2. The van der Waals surface area contributed by atoms with Crippen molar-refractivity contribution < 1.29 is 23.0 Å². The molecule has 0 amide bonds. The standard InChI is InChI=1S/C12H16F3NO2/c1-11(8-17,16-7-12(13,14)15)9-4-3-5-10(6-9)18-2/h3-6,16-17H,7-8H2,1-2H3. The van der Waals surface area contributed by atoms with Gasteiger partial charge in [-0.3, -0.25) is 5.32 Å². The van der Waals surface area contributed by atoms with E-state index in [1.165, 1.54) is 14.0 Å². The molecule has 0 bridgehead atoms. The highest BCUT2D eigenvalue weighted by molar-refractivity contribution is 5.33. The summed E-state index contributed by atoms with van der Waals surface area (Å²) in [6.07, 6.45) is -4.32. The van der Waals surface area contributed by atoms with Crippen LogP contribution in [0.2, 0.25) is 0 Å². The molecule has 1 atom stereocenters. The maximum atomic E-state index is 12.2. The van der Waals surface area contributed by atoms with Crippen LogP contribution in [-0.2, 0) is 5.54 Å². The highest BCUT2D eigenvalue weighted by Gasteiger charge is 2.33. The van der Waals surface area contributed by atoms with Crippen molar-refractivity contribution in [2.75, 3.05) is 20.3 Å². The average molecular weight is 263 g/mol. The number of alkyl halides is 3. The molecule has 0 aliphatic heterocycles. The third-order valence-corrected chi connectivity index (χ3v) is 2.70. The summed E-state index contributed by atoms with van der Waals surface area (Å²) >= 11 is 0. The molecule has 0 aliphatic rings. The number of ether oxygens (including phenoxy) is 1. The molecule has 102 valence electrons. The molecule has 0 heterocycles. The van der Waals surface area contributed by atoms with Gasteiger partial charge in [-0.25, -0.2) is 0 Å². The van der Waals surface area contributed by atoms with Gasteiger partial charge >= 0.3 is 6.18 Å². The number of aliphatic hydroxyl groups excluding tert-OH is 1. The van der Waals surface area contributed by atoms with Gasteiger partial charge in [0.05, 0.1) is 25.8 Å². The fraction of sp³-hybridized carbons (Fsp3) is 0.500. The molecule has 1 rings (SSSR count). The summed E-state index contributed by atoms with van der Waals surface area (Å²) in [5, 5.41) is 11.7. The van der Waals surface area contributed by atoms with Gasteiger partial charge in [0, 0.05) is 0 Å². The Morgan fingerprint density at radius 3 is 2.50 bits per heavy atom. The number of nitrogens with one attached hydrogen (secondary N) is 1. The van der Waals surface area contributed by atoms with Crippen molar-refractivity contribution in [1.29, 1.82) is 0 Å². The van der Waals surface area contributed by atoms with Gasteiger partial charge in [0.2, 0.25) is 0 Å². The maximum absolute atomic E-state index is 12.2. The number of aliphatic hydroxyl groups is 1. The van der Waals surface area contributed by atoms with Crippen LogP contribution >= 0.6 is 0 Å². The van der Waals surface area contributed by atoms with Crippen LogP contribution < -0.4 is 10.1 Å². The molecule has 0 saturated carbocycles. The molecule has 0 radical (unpaired) electrons. The Balaban J connectivity index is 2.91. The van der Waals surface area contributed by atoms with Gasteiger partial charge in [-0.15, -0.1) is 0 Å². The largest absolute Gasteiger partial charge is 0.497 e. The number of benzene rings is 1. The van der Waals surface area contributed by atoms with Crippen molar-refractivity contribution in [2.45, 2.75) is 18.6 Å². The molecule has 0 aromatic heterocycles. The Labute approximate surface area is 104 Å². The summed E-state index contributed by atoms with van der Waals surface area (Å²) in [5.41, 5.74) is -0.627. The van der Waals surface area contributed by atoms with E-state index in [1.807, 2.05) is 0 Å². The van der Waals surface area contributed by atoms with Crippen LogP contribution in [0.5, 0.6) is 5.75 Å². The van der Waals surface area contributed by atoms with Crippen molar-refractivity contribution in [1.82, 2.24) is 5.32 Å². The molecule has 1 aromatic carbocycles. The third-order valence-electron chi connectivity index (χ3n) is 2.70. The zero-order valence-corrected chi connectivity index (χ0v) is 10.2. The molecular formula is C12H16F3NO2. The number of halogens is 3. The number of methoxy groups -OCH3 is 1. The Bertz CT molecular complexity index is 395. The summed E-state index contributed by atoms with van der Waals surface area (Å²) in [6, 6.07) is 6.59. The Morgan fingerprint density at radius 1 is 1.33 bits per heavy atom. The van der Waals surface area contributed by atoms with E-state index < -0.39 is 24.9 Å². The van der Waals surface area contributed by atoms with Crippen LogP contribution in [0.4, 0.5) is 13.2 Å². The topological polar surface area (TPSA) is 41.5 Å². The van der Waals surface area contributed by atoms with Gasteiger partial charge in [-0.2, -0.15) is 13.2 Å². The maximum Gasteiger partial charge on any atom is 0.401 e. The van der Waals surface area contributed by atoms with Gasteiger partial charge < -0.3 is 9.84 Å². The molecule has 0 saturated heterocycles. The van der Waals surface area contributed by atoms with E-state index >= 15 is 0 Å². The molecular weight excluding hydrogens is 247 g/mol. The van der Waals surface area contributed by atoms with E-state index in [0.717, 1.165) is 0 Å². The van der Waals surface area contributed by atoms with E-state index in [1.54, 1.807) is 24.3 Å². The first kappa shape index (κ1) is 14.8. The van der Waals surface area contributed by atoms with Crippen molar-refractivity contribution in [3.8, 4) is 5.75 Å². The van der Waals surface area contributed by atoms with E-state index in [4.69, 9.17) is 4.74 Å². The van der Waals surface area contributed by atoms with Crippen LogP contribution in [0, 0.1) is 0 Å². The molecule has 6 heteroatoms. The summed E-state index contributed by atoms with van der Waals surface area (Å²) in [5.74, 6) is 0.529. The fourth-order valence-electron chi connectivity index (χ4n) is 1.51. The third kappa shape index (κ3) is 3.89.